The predicted octanol–water partition coefficient (Wildman–Crippen LogP) is 2.92. The molecule has 0 atom stereocenters. The summed E-state index contributed by atoms with van der Waals surface area (Å²) in [4.78, 5) is 7.93. The molecule has 0 fully saturated rings. The molecule has 8 heteroatoms. The molecule has 0 saturated carbocycles. The third kappa shape index (κ3) is 6.01. The minimum absolute atomic E-state index is 0.281. The summed E-state index contributed by atoms with van der Waals surface area (Å²) in [5, 5.41) is 7.82. The first kappa shape index (κ1) is 22.7. The number of H-pyrrole nitrogens is 1. The summed E-state index contributed by atoms with van der Waals surface area (Å²) < 4.78 is 28.6. The Morgan fingerprint density at radius 3 is 2.48 bits per heavy atom. The molecule has 0 aliphatic heterocycles. The number of nitrogens with one attached hydrogen (secondary N) is 3. The zero-order valence-corrected chi connectivity index (χ0v) is 19.1. The number of hydrogen-bond donors (Lipinski definition) is 3. The Morgan fingerprint density at radius 2 is 1.81 bits per heavy atom. The Kier molecular flexibility index (Phi) is 7.57. The Hall–Kier alpha value is -3.00. The van der Waals surface area contributed by atoms with Gasteiger partial charge in [0.05, 0.1) is 11.4 Å². The van der Waals surface area contributed by atoms with Gasteiger partial charge >= 0.3 is 0 Å². The van der Waals surface area contributed by atoms with Crippen LogP contribution in [-0.2, 0) is 22.7 Å². The first-order valence-electron chi connectivity index (χ1n) is 10.4. The maximum absolute atomic E-state index is 11.5. The zero-order chi connectivity index (χ0) is 22.3. The monoisotopic (exact) mass is 442 g/mol. The minimum atomic E-state index is -3.19. The summed E-state index contributed by atoms with van der Waals surface area (Å²) in [6, 6.07) is 12.9. The van der Waals surface area contributed by atoms with Gasteiger partial charge in [-0.1, -0.05) is 25.1 Å². The van der Waals surface area contributed by atoms with Crippen LogP contribution < -0.4 is 15.4 Å². The van der Waals surface area contributed by atoms with E-state index >= 15 is 0 Å². The molecule has 3 aromatic rings. The maximum atomic E-state index is 11.5. The first-order valence-corrected chi connectivity index (χ1v) is 12.3. The number of sulfone groups is 1. The summed E-state index contributed by atoms with van der Waals surface area (Å²) in [7, 11) is -1.46. The number of aromatic amines is 1. The normalized spacial score (nSPS) is 12.2. The second-order valence-electron chi connectivity index (χ2n) is 7.27. The number of rotatable bonds is 9. The van der Waals surface area contributed by atoms with Gasteiger partial charge < -0.3 is 20.4 Å². The average molecular weight is 443 g/mol. The number of para-hydroxylation sites is 1. The number of aryl methyl sites for hydroxylation is 1. The fourth-order valence-corrected chi connectivity index (χ4v) is 4.06. The number of nitrogens with zero attached hydrogens (tertiary/aromatic N) is 1. The molecule has 3 rings (SSSR count). The van der Waals surface area contributed by atoms with Crippen LogP contribution in [0.25, 0.3) is 10.9 Å². The Labute approximate surface area is 183 Å². The predicted molar refractivity (Wildman–Crippen MR) is 126 cm³/mol. The number of guanidine groups is 1. The van der Waals surface area contributed by atoms with Gasteiger partial charge in [-0.3, -0.25) is 4.99 Å². The molecular formula is C23H30N4O3S. The lowest BCUT2D eigenvalue weighted by Gasteiger charge is -2.12. The van der Waals surface area contributed by atoms with Gasteiger partial charge in [-0.25, -0.2) is 8.42 Å². The van der Waals surface area contributed by atoms with E-state index in [2.05, 4.69) is 51.9 Å². The van der Waals surface area contributed by atoms with Gasteiger partial charge in [0, 0.05) is 36.9 Å². The van der Waals surface area contributed by atoms with Crippen LogP contribution in [0.15, 0.2) is 58.5 Å². The second-order valence-corrected chi connectivity index (χ2v) is 9.29. The zero-order valence-electron chi connectivity index (χ0n) is 18.2. The maximum Gasteiger partial charge on any atom is 0.191 e. The lowest BCUT2D eigenvalue weighted by molar-refractivity contribution is 0.321. The smallest absolute Gasteiger partial charge is 0.191 e. The number of aromatic nitrogens is 1. The Morgan fingerprint density at radius 1 is 1.06 bits per heavy atom. The number of ether oxygens (including phenoxy) is 1. The van der Waals surface area contributed by atoms with Gasteiger partial charge in [0.1, 0.15) is 12.4 Å². The molecule has 0 spiro atoms. The highest BCUT2D eigenvalue weighted by atomic mass is 32.2. The van der Waals surface area contributed by atoms with Gasteiger partial charge in [-0.2, -0.15) is 0 Å². The third-order valence-corrected chi connectivity index (χ3v) is 6.22. The van der Waals surface area contributed by atoms with Crippen LogP contribution in [0.3, 0.4) is 0 Å². The average Bonchev–Trinajstić information content (AvgIpc) is 3.18. The molecule has 3 N–H and O–H groups in total. The van der Waals surface area contributed by atoms with E-state index in [4.69, 9.17) is 4.74 Å². The molecule has 0 saturated heterocycles. The molecule has 7 nitrogen and oxygen atoms in total. The van der Waals surface area contributed by atoms with E-state index in [0.717, 1.165) is 19.4 Å². The fraction of sp³-hybridized carbons (Fsp3) is 0.348. The minimum Gasteiger partial charge on any atom is -0.492 e. The van der Waals surface area contributed by atoms with Crippen LogP contribution in [-0.4, -0.2) is 52.4 Å². The van der Waals surface area contributed by atoms with Crippen molar-refractivity contribution in [2.24, 2.45) is 4.99 Å². The molecule has 0 amide bonds. The van der Waals surface area contributed by atoms with Gasteiger partial charge in [0.25, 0.3) is 0 Å². The van der Waals surface area contributed by atoms with E-state index in [1.54, 1.807) is 31.3 Å². The summed E-state index contributed by atoms with van der Waals surface area (Å²) in [5.41, 5.74) is 3.85. The van der Waals surface area contributed by atoms with Crippen LogP contribution >= 0.6 is 0 Å². The highest BCUT2D eigenvalue weighted by Gasteiger charge is 2.08. The molecular weight excluding hydrogens is 412 g/mol. The van der Waals surface area contributed by atoms with Crippen molar-refractivity contribution < 1.29 is 13.2 Å². The second kappa shape index (κ2) is 10.3. The van der Waals surface area contributed by atoms with Crippen LogP contribution in [0.1, 0.15) is 18.1 Å². The molecule has 0 aliphatic rings. The molecule has 166 valence electrons. The fourth-order valence-electron chi connectivity index (χ4n) is 3.43. The molecule has 1 heterocycles. The summed E-state index contributed by atoms with van der Waals surface area (Å²) in [6.45, 7) is 3.93. The number of benzene rings is 2. The third-order valence-electron chi connectivity index (χ3n) is 5.09. The van der Waals surface area contributed by atoms with E-state index in [1.165, 1.54) is 28.3 Å². The number of fused-ring (bicyclic) bond motifs is 1. The summed E-state index contributed by atoms with van der Waals surface area (Å²) >= 11 is 0. The standard InChI is InChI=1S/C23H30N4O3S/c1-4-17-6-5-7-21-18(16-27-22(17)21)12-13-25-23(24-2)26-14-15-30-19-8-10-20(11-9-19)31(3,28)29/h5-11,16,27H,4,12-15H2,1-3H3,(H2,24,25,26). The Bertz CT molecular complexity index is 1140. The largest absolute Gasteiger partial charge is 0.492 e. The molecule has 0 unspecified atom stereocenters. The molecule has 31 heavy (non-hydrogen) atoms. The van der Waals surface area contributed by atoms with Crippen molar-refractivity contribution in [2.75, 3.05) is 33.0 Å². The molecule has 0 bridgehead atoms. The number of aliphatic imine (C=N–C) groups is 1. The molecule has 0 radical (unpaired) electrons. The molecule has 0 aliphatic carbocycles. The summed E-state index contributed by atoms with van der Waals surface area (Å²) in [6.07, 6.45) is 5.17. The van der Waals surface area contributed by atoms with E-state index in [9.17, 15) is 8.42 Å². The van der Waals surface area contributed by atoms with E-state index < -0.39 is 9.84 Å². The van der Waals surface area contributed by atoms with E-state index in [0.29, 0.717) is 24.9 Å². The molecule has 2 aromatic carbocycles. The highest BCUT2D eigenvalue weighted by Crippen LogP contribution is 2.22. The molecule has 1 aromatic heterocycles. The van der Waals surface area contributed by atoms with Crippen molar-refractivity contribution in [3.8, 4) is 5.75 Å². The lowest BCUT2D eigenvalue weighted by Crippen LogP contribution is -2.40. The van der Waals surface area contributed by atoms with Gasteiger partial charge in [-0.05, 0) is 48.2 Å². The topological polar surface area (TPSA) is 95.6 Å². The van der Waals surface area contributed by atoms with Crippen molar-refractivity contribution in [3.05, 3.63) is 59.8 Å². The van der Waals surface area contributed by atoms with Crippen molar-refractivity contribution in [2.45, 2.75) is 24.7 Å². The quantitative estimate of drug-likeness (QED) is 0.269. The number of hydrogen-bond acceptors (Lipinski definition) is 4. The SMILES string of the molecule is CCc1cccc2c(CCNC(=NC)NCCOc3ccc(S(C)(=O)=O)cc3)c[nH]c12. The summed E-state index contributed by atoms with van der Waals surface area (Å²) in [5.74, 6) is 1.34. The van der Waals surface area contributed by atoms with Crippen molar-refractivity contribution in [1.29, 1.82) is 0 Å². The van der Waals surface area contributed by atoms with Gasteiger partial charge in [0.2, 0.25) is 0 Å². The van der Waals surface area contributed by atoms with Crippen LogP contribution in [0.2, 0.25) is 0 Å². The first-order chi connectivity index (χ1) is 14.9. The van der Waals surface area contributed by atoms with Crippen molar-refractivity contribution in [3.63, 3.8) is 0 Å². The van der Waals surface area contributed by atoms with Crippen molar-refractivity contribution in [1.82, 2.24) is 15.6 Å². The van der Waals surface area contributed by atoms with Crippen LogP contribution in [0.5, 0.6) is 5.75 Å². The van der Waals surface area contributed by atoms with Crippen LogP contribution in [0, 0.1) is 0 Å². The van der Waals surface area contributed by atoms with Crippen LogP contribution in [0.4, 0.5) is 0 Å². The Balaban J connectivity index is 1.42. The van der Waals surface area contributed by atoms with Gasteiger partial charge in [0.15, 0.2) is 15.8 Å². The van der Waals surface area contributed by atoms with E-state index in [1.807, 2.05) is 0 Å². The van der Waals surface area contributed by atoms with E-state index in [-0.39, 0.29) is 4.90 Å². The highest BCUT2D eigenvalue weighted by molar-refractivity contribution is 7.90. The van der Waals surface area contributed by atoms with Crippen molar-refractivity contribution >= 4 is 26.7 Å². The lowest BCUT2D eigenvalue weighted by atomic mass is 10.1. The van der Waals surface area contributed by atoms with Gasteiger partial charge in [-0.15, -0.1) is 0 Å².